The van der Waals surface area contributed by atoms with Gasteiger partial charge in [0.15, 0.2) is 0 Å². The van der Waals surface area contributed by atoms with Crippen molar-refractivity contribution in [3.8, 4) is 0 Å². The summed E-state index contributed by atoms with van der Waals surface area (Å²) in [6, 6.07) is 0.242. The third-order valence-corrected chi connectivity index (χ3v) is 2.88. The molecule has 0 aliphatic heterocycles. The molecule has 1 atom stereocenters. The maximum Gasteiger partial charge on any atom is 0.326 e. The summed E-state index contributed by atoms with van der Waals surface area (Å²) in [7, 11) is 0. The van der Waals surface area contributed by atoms with Gasteiger partial charge >= 0.3 is 5.97 Å². The number of halogens is 1. The molecule has 19 heavy (non-hydrogen) atoms. The van der Waals surface area contributed by atoms with Gasteiger partial charge in [0.25, 0.3) is 5.91 Å². The Bertz CT molecular complexity index is 512. The normalized spacial score (nSPS) is 11.9. The van der Waals surface area contributed by atoms with Gasteiger partial charge in [-0.25, -0.2) is 4.79 Å². The van der Waals surface area contributed by atoms with Crippen LogP contribution in [0, 0.1) is 0 Å². The third-order valence-electron chi connectivity index (χ3n) is 2.45. The predicted octanol–water partition coefficient (Wildman–Crippen LogP) is 0.329. The van der Waals surface area contributed by atoms with Crippen LogP contribution in [0.15, 0.2) is 16.7 Å². The number of carbonyl (C=O) groups is 3. The number of carboxylic acids is 1. The SMILES string of the molecule is CCn1cc(Br)cc1C(=O)N[C@@H](CC(N)=O)C(=O)O. The fraction of sp³-hybridized carbons (Fsp3) is 0.364. The first-order valence-electron chi connectivity index (χ1n) is 5.52. The molecule has 0 unspecified atom stereocenters. The molecule has 1 aromatic heterocycles. The maximum absolute atomic E-state index is 12.0. The minimum Gasteiger partial charge on any atom is -0.480 e. The van der Waals surface area contributed by atoms with Gasteiger partial charge in [0, 0.05) is 17.2 Å². The lowest BCUT2D eigenvalue weighted by Gasteiger charge is -2.13. The van der Waals surface area contributed by atoms with Gasteiger partial charge in [-0.1, -0.05) is 0 Å². The molecular weight excluding hydrogens is 318 g/mol. The van der Waals surface area contributed by atoms with Gasteiger partial charge in [0.1, 0.15) is 11.7 Å². The Morgan fingerprint density at radius 1 is 1.53 bits per heavy atom. The second-order valence-electron chi connectivity index (χ2n) is 3.86. The van der Waals surface area contributed by atoms with E-state index in [1.807, 2.05) is 6.92 Å². The summed E-state index contributed by atoms with van der Waals surface area (Å²) in [6.45, 7) is 2.41. The van der Waals surface area contributed by atoms with E-state index in [1.165, 1.54) is 0 Å². The number of carboxylic acid groups (broad SMARTS) is 1. The van der Waals surface area contributed by atoms with Crippen LogP contribution in [0.25, 0.3) is 0 Å². The molecule has 7 nitrogen and oxygen atoms in total. The number of hydrogen-bond acceptors (Lipinski definition) is 3. The molecule has 4 N–H and O–H groups in total. The number of nitrogens with zero attached hydrogens (tertiary/aromatic N) is 1. The van der Waals surface area contributed by atoms with Crippen molar-refractivity contribution in [3.05, 3.63) is 22.4 Å². The highest BCUT2D eigenvalue weighted by atomic mass is 79.9. The average molecular weight is 332 g/mol. The van der Waals surface area contributed by atoms with E-state index >= 15 is 0 Å². The number of aliphatic carboxylic acids is 1. The summed E-state index contributed by atoms with van der Waals surface area (Å²) in [5.74, 6) is -2.67. The Hall–Kier alpha value is -1.83. The van der Waals surface area contributed by atoms with Crippen LogP contribution in [0.1, 0.15) is 23.8 Å². The van der Waals surface area contributed by atoms with E-state index in [-0.39, 0.29) is 0 Å². The molecule has 1 aromatic rings. The molecule has 0 aromatic carbocycles. The number of nitrogens with two attached hydrogens (primary N) is 1. The highest BCUT2D eigenvalue weighted by Gasteiger charge is 2.24. The number of amides is 2. The van der Waals surface area contributed by atoms with Crippen LogP contribution in [0.3, 0.4) is 0 Å². The zero-order valence-corrected chi connectivity index (χ0v) is 11.8. The Morgan fingerprint density at radius 2 is 2.16 bits per heavy atom. The lowest BCUT2D eigenvalue weighted by molar-refractivity contribution is -0.140. The molecule has 0 aliphatic carbocycles. The molecule has 1 heterocycles. The van der Waals surface area contributed by atoms with Crippen LogP contribution in [-0.2, 0) is 16.1 Å². The van der Waals surface area contributed by atoms with Gasteiger partial charge in [-0.3, -0.25) is 9.59 Å². The highest BCUT2D eigenvalue weighted by Crippen LogP contribution is 2.15. The van der Waals surface area contributed by atoms with Crippen LogP contribution in [-0.4, -0.2) is 33.5 Å². The summed E-state index contributed by atoms with van der Waals surface area (Å²) in [4.78, 5) is 33.6. The first-order chi connectivity index (χ1) is 8.85. The molecule has 8 heteroatoms. The number of carbonyl (C=O) groups excluding carboxylic acids is 2. The maximum atomic E-state index is 12.0. The largest absolute Gasteiger partial charge is 0.480 e. The van der Waals surface area contributed by atoms with Crippen LogP contribution >= 0.6 is 15.9 Å². The number of aryl methyl sites for hydroxylation is 1. The van der Waals surface area contributed by atoms with Crippen molar-refractivity contribution in [1.82, 2.24) is 9.88 Å². The van der Waals surface area contributed by atoms with Gasteiger partial charge in [0.05, 0.1) is 6.42 Å². The first-order valence-corrected chi connectivity index (χ1v) is 6.32. The molecule has 0 saturated heterocycles. The predicted molar refractivity (Wildman–Crippen MR) is 70.5 cm³/mol. The lowest BCUT2D eigenvalue weighted by atomic mass is 10.2. The van der Waals surface area contributed by atoms with Gasteiger partial charge in [-0.15, -0.1) is 0 Å². The van der Waals surface area contributed by atoms with Crippen LogP contribution in [0.4, 0.5) is 0 Å². The smallest absolute Gasteiger partial charge is 0.326 e. The molecule has 1 rings (SSSR count). The summed E-state index contributed by atoms with van der Waals surface area (Å²) >= 11 is 3.24. The van der Waals surface area contributed by atoms with Gasteiger partial charge in [-0.2, -0.15) is 0 Å². The van der Waals surface area contributed by atoms with E-state index in [0.29, 0.717) is 16.7 Å². The van der Waals surface area contributed by atoms with Crippen molar-refractivity contribution in [3.63, 3.8) is 0 Å². The summed E-state index contributed by atoms with van der Waals surface area (Å²) < 4.78 is 2.36. The van der Waals surface area contributed by atoms with Gasteiger partial charge < -0.3 is 20.7 Å². The number of rotatable bonds is 6. The molecule has 0 saturated carbocycles. The average Bonchev–Trinajstić information content (AvgIpc) is 2.68. The van der Waals surface area contributed by atoms with Crippen molar-refractivity contribution in [2.24, 2.45) is 5.73 Å². The second-order valence-corrected chi connectivity index (χ2v) is 4.78. The van der Waals surface area contributed by atoms with E-state index in [4.69, 9.17) is 10.8 Å². The van der Waals surface area contributed by atoms with Crippen molar-refractivity contribution in [2.75, 3.05) is 0 Å². The molecule has 0 radical (unpaired) electrons. The minimum atomic E-state index is -1.33. The molecule has 2 amide bonds. The molecular formula is C11H14BrN3O4. The Balaban J connectivity index is 2.87. The van der Waals surface area contributed by atoms with Gasteiger partial charge in [-0.05, 0) is 28.9 Å². The van der Waals surface area contributed by atoms with Crippen LogP contribution in [0.5, 0.6) is 0 Å². The molecule has 0 fully saturated rings. The fourth-order valence-electron chi connectivity index (χ4n) is 1.56. The van der Waals surface area contributed by atoms with Gasteiger partial charge in [0.2, 0.25) is 5.91 Å². The van der Waals surface area contributed by atoms with E-state index in [9.17, 15) is 14.4 Å². The zero-order chi connectivity index (χ0) is 14.6. The monoisotopic (exact) mass is 331 g/mol. The lowest BCUT2D eigenvalue weighted by Crippen LogP contribution is -2.43. The van der Waals surface area contributed by atoms with Crippen molar-refractivity contribution in [1.29, 1.82) is 0 Å². The zero-order valence-electron chi connectivity index (χ0n) is 10.2. The Labute approximate surface area is 117 Å². The number of nitrogens with one attached hydrogen (secondary N) is 1. The summed E-state index contributed by atoms with van der Waals surface area (Å²) in [5.41, 5.74) is 5.25. The van der Waals surface area contributed by atoms with Crippen LogP contribution < -0.4 is 11.1 Å². The first kappa shape index (κ1) is 15.2. The quantitative estimate of drug-likeness (QED) is 0.696. The number of aromatic nitrogens is 1. The number of primary amides is 1. The highest BCUT2D eigenvalue weighted by molar-refractivity contribution is 9.10. The Kier molecular flexibility index (Phi) is 5.11. The number of hydrogen-bond donors (Lipinski definition) is 3. The van der Waals surface area contributed by atoms with Crippen molar-refractivity contribution >= 4 is 33.7 Å². The summed E-state index contributed by atoms with van der Waals surface area (Å²) in [6.07, 6.45) is 1.26. The Morgan fingerprint density at radius 3 is 2.63 bits per heavy atom. The van der Waals surface area contributed by atoms with E-state index in [2.05, 4.69) is 21.2 Å². The molecule has 0 spiro atoms. The molecule has 104 valence electrons. The standard InChI is InChI=1S/C11H14BrN3O4/c1-2-15-5-6(12)3-8(15)10(17)14-7(11(18)19)4-9(13)16/h3,5,7H,2,4H2,1H3,(H2,13,16)(H,14,17)(H,18,19)/t7-/m0/s1. The minimum absolute atomic E-state index is 0.310. The summed E-state index contributed by atoms with van der Waals surface area (Å²) in [5, 5.41) is 11.2. The third kappa shape index (κ3) is 4.09. The van der Waals surface area contributed by atoms with E-state index in [1.54, 1.807) is 16.8 Å². The van der Waals surface area contributed by atoms with Crippen LogP contribution in [0.2, 0.25) is 0 Å². The second kappa shape index (κ2) is 6.37. The topological polar surface area (TPSA) is 114 Å². The van der Waals surface area contributed by atoms with E-state index in [0.717, 1.165) is 0 Å². The van der Waals surface area contributed by atoms with Crippen molar-refractivity contribution in [2.45, 2.75) is 25.9 Å². The molecule has 0 bridgehead atoms. The fourth-order valence-corrected chi connectivity index (χ4v) is 2.02. The van der Waals surface area contributed by atoms with E-state index < -0.39 is 30.2 Å². The molecule has 0 aliphatic rings. The van der Waals surface area contributed by atoms with Crippen molar-refractivity contribution < 1.29 is 19.5 Å².